The third kappa shape index (κ3) is 4.15. The van der Waals surface area contributed by atoms with E-state index in [9.17, 15) is 9.59 Å². The summed E-state index contributed by atoms with van der Waals surface area (Å²) < 4.78 is 5.05. The fourth-order valence-electron chi connectivity index (χ4n) is 2.03. The number of halogens is 1. The molecule has 0 atom stereocenters. The van der Waals surface area contributed by atoms with Crippen molar-refractivity contribution >= 4 is 45.9 Å². The molecule has 0 spiro atoms. The van der Waals surface area contributed by atoms with E-state index >= 15 is 0 Å². The van der Waals surface area contributed by atoms with Crippen LogP contribution in [0.25, 0.3) is 11.0 Å². The number of anilines is 1. The van der Waals surface area contributed by atoms with Crippen LogP contribution in [0.5, 0.6) is 0 Å². The van der Waals surface area contributed by atoms with Gasteiger partial charge >= 0.3 is 5.63 Å². The topological polar surface area (TPSA) is 59.3 Å². The third-order valence-corrected chi connectivity index (χ3v) is 4.35. The molecule has 0 fully saturated rings. The Labute approximate surface area is 141 Å². The first-order valence-corrected chi connectivity index (χ1v) is 8.19. The van der Waals surface area contributed by atoms with Crippen LogP contribution in [0.1, 0.15) is 0 Å². The minimum absolute atomic E-state index is 0.110. The lowest BCUT2D eigenvalue weighted by molar-refractivity contribution is -0.113. The van der Waals surface area contributed by atoms with Crippen molar-refractivity contribution in [3.63, 3.8) is 0 Å². The van der Waals surface area contributed by atoms with Crippen LogP contribution >= 0.6 is 23.4 Å². The van der Waals surface area contributed by atoms with Gasteiger partial charge in [-0.1, -0.05) is 11.6 Å². The van der Waals surface area contributed by atoms with Crippen LogP contribution < -0.4 is 10.9 Å². The maximum Gasteiger partial charge on any atom is 0.336 e. The summed E-state index contributed by atoms with van der Waals surface area (Å²) in [5.41, 5.74) is 0.757. The Kier molecular flexibility index (Phi) is 4.69. The summed E-state index contributed by atoms with van der Waals surface area (Å²) in [5.74, 6) is 0.186. The summed E-state index contributed by atoms with van der Waals surface area (Å²) in [6.07, 6.45) is 0. The van der Waals surface area contributed by atoms with Gasteiger partial charge in [0.15, 0.2) is 0 Å². The molecule has 0 unspecified atom stereocenters. The first kappa shape index (κ1) is 15.6. The number of amides is 1. The quantitative estimate of drug-likeness (QED) is 0.569. The Morgan fingerprint density at radius 1 is 1.09 bits per heavy atom. The molecule has 1 amide bonds. The predicted molar refractivity (Wildman–Crippen MR) is 93.3 cm³/mol. The molecule has 0 saturated heterocycles. The number of carbonyl (C=O) groups excluding carboxylic acids is 1. The first-order valence-electron chi connectivity index (χ1n) is 6.82. The van der Waals surface area contributed by atoms with Gasteiger partial charge in [-0.25, -0.2) is 4.79 Å². The number of hydrogen-bond donors (Lipinski definition) is 1. The van der Waals surface area contributed by atoms with Crippen molar-refractivity contribution in [3.05, 3.63) is 70.0 Å². The van der Waals surface area contributed by atoms with Crippen molar-refractivity contribution in [1.29, 1.82) is 0 Å². The van der Waals surface area contributed by atoms with Crippen molar-refractivity contribution in [1.82, 2.24) is 0 Å². The molecule has 0 bridgehead atoms. The molecule has 116 valence electrons. The summed E-state index contributed by atoms with van der Waals surface area (Å²) in [7, 11) is 0. The van der Waals surface area contributed by atoms with Gasteiger partial charge in [-0.05, 0) is 48.5 Å². The minimum atomic E-state index is -0.395. The second kappa shape index (κ2) is 6.89. The summed E-state index contributed by atoms with van der Waals surface area (Å²) in [6.45, 7) is 0. The van der Waals surface area contributed by atoms with Crippen molar-refractivity contribution in [3.8, 4) is 0 Å². The molecule has 23 heavy (non-hydrogen) atoms. The van der Waals surface area contributed by atoms with Gasteiger partial charge < -0.3 is 9.73 Å². The summed E-state index contributed by atoms with van der Waals surface area (Å²) in [5, 5.41) is 4.25. The lowest BCUT2D eigenvalue weighted by atomic mass is 10.2. The molecule has 1 aromatic heterocycles. The average Bonchev–Trinajstić information content (AvgIpc) is 2.54. The van der Waals surface area contributed by atoms with Crippen LogP contribution in [0.4, 0.5) is 5.69 Å². The normalized spacial score (nSPS) is 10.7. The SMILES string of the molecule is O=C(CSc1ccc(Cl)cc1)Nc1ccc2oc(=O)ccc2c1. The van der Waals surface area contributed by atoms with Crippen LogP contribution in [-0.4, -0.2) is 11.7 Å². The first-order chi connectivity index (χ1) is 11.1. The molecule has 0 aliphatic heterocycles. The van der Waals surface area contributed by atoms with E-state index in [-0.39, 0.29) is 5.91 Å². The Morgan fingerprint density at radius 2 is 1.87 bits per heavy atom. The van der Waals surface area contributed by atoms with E-state index in [1.807, 2.05) is 12.1 Å². The highest BCUT2D eigenvalue weighted by Crippen LogP contribution is 2.21. The smallest absolute Gasteiger partial charge is 0.336 e. The molecule has 6 heteroatoms. The zero-order chi connectivity index (χ0) is 16.2. The van der Waals surface area contributed by atoms with E-state index in [4.69, 9.17) is 16.0 Å². The van der Waals surface area contributed by atoms with Crippen molar-refractivity contribution in [2.45, 2.75) is 4.90 Å². The number of carbonyl (C=O) groups is 1. The molecule has 0 radical (unpaired) electrons. The van der Waals surface area contributed by atoms with Crippen LogP contribution in [0.2, 0.25) is 5.02 Å². The number of fused-ring (bicyclic) bond motifs is 1. The van der Waals surface area contributed by atoms with E-state index in [1.165, 1.54) is 17.8 Å². The largest absolute Gasteiger partial charge is 0.423 e. The number of rotatable bonds is 4. The Balaban J connectivity index is 1.64. The highest BCUT2D eigenvalue weighted by atomic mass is 35.5. The van der Waals surface area contributed by atoms with Crippen LogP contribution in [-0.2, 0) is 4.79 Å². The highest BCUT2D eigenvalue weighted by Gasteiger charge is 2.05. The highest BCUT2D eigenvalue weighted by molar-refractivity contribution is 8.00. The van der Waals surface area contributed by atoms with Gasteiger partial charge in [-0.3, -0.25) is 4.79 Å². The van der Waals surface area contributed by atoms with E-state index in [0.717, 1.165) is 10.3 Å². The Hall–Kier alpha value is -2.24. The second-order valence-electron chi connectivity index (χ2n) is 4.80. The van der Waals surface area contributed by atoms with Gasteiger partial charge in [-0.15, -0.1) is 11.8 Å². The molecular formula is C17H12ClNO3S. The minimum Gasteiger partial charge on any atom is -0.423 e. The van der Waals surface area contributed by atoms with Crippen LogP contribution in [0, 0.1) is 0 Å². The Morgan fingerprint density at radius 3 is 2.65 bits per heavy atom. The van der Waals surface area contributed by atoms with Gasteiger partial charge in [0.1, 0.15) is 5.58 Å². The van der Waals surface area contributed by atoms with Crippen molar-refractivity contribution in [2.24, 2.45) is 0 Å². The molecule has 3 rings (SSSR count). The van der Waals surface area contributed by atoms with Gasteiger partial charge in [0, 0.05) is 27.1 Å². The van der Waals surface area contributed by atoms with Gasteiger partial charge in [0.2, 0.25) is 5.91 Å². The third-order valence-electron chi connectivity index (χ3n) is 3.09. The van der Waals surface area contributed by atoms with Gasteiger partial charge in [0.25, 0.3) is 0 Å². The van der Waals surface area contributed by atoms with Gasteiger partial charge in [-0.2, -0.15) is 0 Å². The Bertz CT molecular complexity index is 906. The molecule has 0 aliphatic carbocycles. The second-order valence-corrected chi connectivity index (χ2v) is 6.28. The number of thioether (sulfide) groups is 1. The van der Waals surface area contributed by atoms with Crippen molar-refractivity contribution in [2.75, 3.05) is 11.1 Å². The van der Waals surface area contributed by atoms with E-state index < -0.39 is 5.63 Å². The number of benzene rings is 2. The maximum atomic E-state index is 12.0. The predicted octanol–water partition coefficient (Wildman–Crippen LogP) is 4.18. The molecule has 3 aromatic rings. The summed E-state index contributed by atoms with van der Waals surface area (Å²) in [4.78, 5) is 24.1. The lowest BCUT2D eigenvalue weighted by Gasteiger charge is -2.06. The molecular weight excluding hydrogens is 334 g/mol. The lowest BCUT2D eigenvalue weighted by Crippen LogP contribution is -2.13. The van der Waals surface area contributed by atoms with E-state index in [2.05, 4.69) is 5.32 Å². The number of hydrogen-bond acceptors (Lipinski definition) is 4. The van der Waals surface area contributed by atoms with Crippen LogP contribution in [0.15, 0.2) is 68.7 Å². The molecule has 0 saturated carbocycles. The average molecular weight is 346 g/mol. The molecule has 4 nitrogen and oxygen atoms in total. The molecule has 1 heterocycles. The van der Waals surface area contributed by atoms with E-state index in [0.29, 0.717) is 22.0 Å². The monoisotopic (exact) mass is 345 g/mol. The fraction of sp³-hybridized carbons (Fsp3) is 0.0588. The molecule has 0 aliphatic rings. The van der Waals surface area contributed by atoms with Gasteiger partial charge in [0.05, 0.1) is 5.75 Å². The fourth-order valence-corrected chi connectivity index (χ4v) is 2.85. The zero-order valence-corrected chi connectivity index (χ0v) is 13.5. The maximum absolute atomic E-state index is 12.0. The number of nitrogens with one attached hydrogen (secondary N) is 1. The molecule has 2 aromatic carbocycles. The van der Waals surface area contributed by atoms with Crippen molar-refractivity contribution < 1.29 is 9.21 Å². The van der Waals surface area contributed by atoms with E-state index in [1.54, 1.807) is 36.4 Å². The molecule has 1 N–H and O–H groups in total. The summed E-state index contributed by atoms with van der Waals surface area (Å²) >= 11 is 7.25. The standard InChI is InChI=1S/C17H12ClNO3S/c18-12-2-5-14(6-3-12)23-10-16(20)19-13-4-7-15-11(9-13)1-8-17(21)22-15/h1-9H,10H2,(H,19,20). The summed E-state index contributed by atoms with van der Waals surface area (Å²) in [6, 6.07) is 15.5. The van der Waals surface area contributed by atoms with Crippen LogP contribution in [0.3, 0.4) is 0 Å². The zero-order valence-electron chi connectivity index (χ0n) is 11.9.